The van der Waals surface area contributed by atoms with E-state index >= 15 is 0 Å². The third kappa shape index (κ3) is 3.03. The van der Waals surface area contributed by atoms with Gasteiger partial charge in [-0.05, 0) is 30.9 Å². The maximum Gasteiger partial charge on any atom is 0.292 e. The van der Waals surface area contributed by atoms with Crippen LogP contribution in [-0.4, -0.2) is 35.4 Å². The van der Waals surface area contributed by atoms with E-state index in [2.05, 4.69) is 41.5 Å². The predicted molar refractivity (Wildman–Crippen MR) is 103 cm³/mol. The molecule has 1 aromatic heterocycles. The third-order valence-corrected chi connectivity index (χ3v) is 5.67. The van der Waals surface area contributed by atoms with Gasteiger partial charge in [0.05, 0.1) is 11.7 Å². The van der Waals surface area contributed by atoms with E-state index in [1.165, 1.54) is 11.1 Å². The van der Waals surface area contributed by atoms with Crippen molar-refractivity contribution in [3.63, 3.8) is 0 Å². The Kier molecular flexibility index (Phi) is 5.39. The number of nitrogens with one attached hydrogen (secondary N) is 1. The molecule has 0 unspecified atom stereocenters. The highest BCUT2D eigenvalue weighted by atomic mass is 35.5. The molecule has 4 rings (SSSR count). The average Bonchev–Trinajstić information content (AvgIpc) is 3.28. The van der Waals surface area contributed by atoms with Gasteiger partial charge in [0.25, 0.3) is 5.91 Å². The van der Waals surface area contributed by atoms with Crippen molar-refractivity contribution >= 4 is 18.3 Å². The van der Waals surface area contributed by atoms with Crippen LogP contribution in [0.15, 0.2) is 28.7 Å². The number of amides is 1. The minimum absolute atomic E-state index is 0. The number of aromatic nitrogens is 1. The largest absolute Gasteiger partial charge is 0.435 e. The molecule has 0 radical (unpaired) electrons. The molecule has 6 heteroatoms. The molecule has 0 aliphatic carbocycles. The minimum Gasteiger partial charge on any atom is -0.435 e. The van der Waals surface area contributed by atoms with Gasteiger partial charge in [-0.1, -0.05) is 31.2 Å². The summed E-state index contributed by atoms with van der Waals surface area (Å²) in [7, 11) is 0. The van der Waals surface area contributed by atoms with E-state index in [0.717, 1.165) is 19.6 Å². The fourth-order valence-corrected chi connectivity index (χ4v) is 4.38. The summed E-state index contributed by atoms with van der Waals surface area (Å²) in [4.78, 5) is 19.7. The summed E-state index contributed by atoms with van der Waals surface area (Å²) >= 11 is 0. The van der Waals surface area contributed by atoms with E-state index in [1.54, 1.807) is 0 Å². The lowest BCUT2D eigenvalue weighted by atomic mass is 9.87. The maximum absolute atomic E-state index is 13.3. The minimum atomic E-state index is -0.0210. The van der Waals surface area contributed by atoms with Gasteiger partial charge in [0.2, 0.25) is 5.76 Å². The Hall–Kier alpha value is -1.85. The Morgan fingerprint density at radius 1 is 1.31 bits per heavy atom. The highest BCUT2D eigenvalue weighted by Gasteiger charge is 2.48. The Morgan fingerprint density at radius 2 is 2.08 bits per heavy atom. The van der Waals surface area contributed by atoms with Crippen molar-refractivity contribution in [2.24, 2.45) is 11.8 Å². The standard InChI is InChI=1S/C20H25N3O2.ClH/c1-4-17-22-13(3)19(25-17)20(24)23-11-14-9-21-10-16(14)18(23)15-8-6-5-7-12(15)2;/h5-8,14,16,18,21H,4,9-11H2,1-3H3;1H/t14-,16-,18+;/m0./s1. The van der Waals surface area contributed by atoms with Gasteiger partial charge >= 0.3 is 0 Å². The fourth-order valence-electron chi connectivity index (χ4n) is 4.38. The van der Waals surface area contributed by atoms with Crippen LogP contribution in [0.5, 0.6) is 0 Å². The molecule has 1 N–H and O–H groups in total. The Morgan fingerprint density at radius 3 is 2.77 bits per heavy atom. The molecule has 2 saturated heterocycles. The number of hydrogen-bond donors (Lipinski definition) is 1. The molecule has 0 bridgehead atoms. The van der Waals surface area contributed by atoms with Crippen molar-refractivity contribution in [2.75, 3.05) is 19.6 Å². The molecule has 0 spiro atoms. The summed E-state index contributed by atoms with van der Waals surface area (Å²) in [6, 6.07) is 8.51. The van der Waals surface area contributed by atoms with Crippen LogP contribution < -0.4 is 5.32 Å². The number of aryl methyl sites for hydroxylation is 3. The molecule has 2 aliphatic rings. The van der Waals surface area contributed by atoms with Crippen LogP contribution >= 0.6 is 12.4 Å². The second kappa shape index (κ2) is 7.41. The molecule has 5 nitrogen and oxygen atoms in total. The van der Waals surface area contributed by atoms with Crippen molar-refractivity contribution in [1.82, 2.24) is 15.2 Å². The molecule has 3 heterocycles. The Balaban J connectivity index is 0.00000196. The number of likely N-dealkylation sites (tertiary alicyclic amines) is 1. The number of hydrogen-bond acceptors (Lipinski definition) is 4. The lowest BCUT2D eigenvalue weighted by Crippen LogP contribution is -2.35. The number of carbonyl (C=O) groups is 1. The molecule has 2 fully saturated rings. The van der Waals surface area contributed by atoms with Crippen LogP contribution in [0.2, 0.25) is 0 Å². The van der Waals surface area contributed by atoms with Gasteiger partial charge in [-0.25, -0.2) is 4.98 Å². The first-order chi connectivity index (χ1) is 12.1. The average molecular weight is 376 g/mol. The molecule has 26 heavy (non-hydrogen) atoms. The summed E-state index contributed by atoms with van der Waals surface area (Å²) in [6.45, 7) is 8.69. The number of rotatable bonds is 3. The number of halogens is 1. The summed E-state index contributed by atoms with van der Waals surface area (Å²) in [5.41, 5.74) is 3.18. The summed E-state index contributed by atoms with van der Waals surface area (Å²) in [6.07, 6.45) is 0.699. The fraction of sp³-hybridized carbons (Fsp3) is 0.500. The first-order valence-corrected chi connectivity index (χ1v) is 9.13. The van der Waals surface area contributed by atoms with Crippen LogP contribution in [0.4, 0.5) is 0 Å². The number of fused-ring (bicyclic) bond motifs is 1. The second-order valence-corrected chi connectivity index (χ2v) is 7.22. The molecule has 0 saturated carbocycles. The molecule has 1 amide bonds. The molecule has 1 aromatic carbocycles. The van der Waals surface area contributed by atoms with E-state index in [0.29, 0.717) is 35.6 Å². The van der Waals surface area contributed by atoms with E-state index in [-0.39, 0.29) is 24.4 Å². The first-order valence-electron chi connectivity index (χ1n) is 9.13. The van der Waals surface area contributed by atoms with Crippen LogP contribution in [0, 0.1) is 25.7 Å². The van der Waals surface area contributed by atoms with E-state index < -0.39 is 0 Å². The summed E-state index contributed by atoms with van der Waals surface area (Å²) in [5, 5.41) is 3.49. The van der Waals surface area contributed by atoms with E-state index in [9.17, 15) is 4.79 Å². The van der Waals surface area contributed by atoms with Crippen molar-refractivity contribution in [1.29, 1.82) is 0 Å². The van der Waals surface area contributed by atoms with Crippen LogP contribution in [0.3, 0.4) is 0 Å². The lowest BCUT2D eigenvalue weighted by molar-refractivity contribution is 0.0678. The van der Waals surface area contributed by atoms with Crippen LogP contribution in [0.1, 0.15) is 46.2 Å². The number of benzene rings is 1. The first kappa shape index (κ1) is 18.9. The predicted octanol–water partition coefficient (Wildman–Crippen LogP) is 3.31. The molecule has 2 aromatic rings. The zero-order valence-electron chi connectivity index (χ0n) is 15.5. The zero-order chi connectivity index (χ0) is 17.6. The maximum atomic E-state index is 13.3. The van der Waals surface area contributed by atoms with Gasteiger partial charge in [0.15, 0.2) is 5.89 Å². The zero-order valence-corrected chi connectivity index (χ0v) is 16.3. The number of nitrogens with zero attached hydrogens (tertiary/aromatic N) is 2. The lowest BCUT2D eigenvalue weighted by Gasteiger charge is -2.29. The molecular formula is C20H26ClN3O2. The van der Waals surface area contributed by atoms with Crippen molar-refractivity contribution < 1.29 is 9.21 Å². The van der Waals surface area contributed by atoms with Gasteiger partial charge in [-0.15, -0.1) is 12.4 Å². The Labute approximate surface area is 160 Å². The SMILES string of the molecule is CCc1nc(C)c(C(=O)N2C[C@@H]3CNC[C@@H]3[C@H]2c2ccccc2C)o1.Cl. The summed E-state index contributed by atoms with van der Waals surface area (Å²) < 4.78 is 5.76. The van der Waals surface area contributed by atoms with Gasteiger partial charge in [0, 0.05) is 32.0 Å². The van der Waals surface area contributed by atoms with Crippen molar-refractivity contribution in [3.8, 4) is 0 Å². The van der Waals surface area contributed by atoms with Gasteiger partial charge in [-0.2, -0.15) is 0 Å². The van der Waals surface area contributed by atoms with E-state index in [1.807, 2.05) is 18.7 Å². The molecular weight excluding hydrogens is 350 g/mol. The smallest absolute Gasteiger partial charge is 0.292 e. The number of oxazole rings is 1. The topological polar surface area (TPSA) is 58.4 Å². The van der Waals surface area contributed by atoms with Gasteiger partial charge in [0.1, 0.15) is 0 Å². The second-order valence-electron chi connectivity index (χ2n) is 7.22. The Bertz CT molecular complexity index is 804. The molecule has 3 atom stereocenters. The van der Waals surface area contributed by atoms with Gasteiger partial charge in [-0.3, -0.25) is 4.79 Å². The molecule has 140 valence electrons. The monoisotopic (exact) mass is 375 g/mol. The van der Waals surface area contributed by atoms with Crippen molar-refractivity contribution in [2.45, 2.75) is 33.2 Å². The number of carbonyl (C=O) groups excluding carboxylic acids is 1. The van der Waals surface area contributed by atoms with Crippen molar-refractivity contribution in [3.05, 3.63) is 52.7 Å². The van der Waals surface area contributed by atoms with E-state index in [4.69, 9.17) is 4.42 Å². The highest BCUT2D eigenvalue weighted by Crippen LogP contribution is 2.44. The third-order valence-electron chi connectivity index (χ3n) is 5.67. The van der Waals surface area contributed by atoms with Gasteiger partial charge < -0.3 is 14.6 Å². The highest BCUT2D eigenvalue weighted by molar-refractivity contribution is 5.93. The molecule has 2 aliphatic heterocycles. The normalized spacial score (nSPS) is 24.4. The quantitative estimate of drug-likeness (QED) is 0.894. The van der Waals surface area contributed by atoms with Crippen LogP contribution in [-0.2, 0) is 6.42 Å². The van der Waals surface area contributed by atoms with Crippen LogP contribution in [0.25, 0.3) is 0 Å². The summed E-state index contributed by atoms with van der Waals surface area (Å²) in [5.74, 6) is 1.98.